The summed E-state index contributed by atoms with van der Waals surface area (Å²) in [7, 11) is 0. The summed E-state index contributed by atoms with van der Waals surface area (Å²) in [5, 5.41) is 23.1. The molecular weight excluding hydrogens is 414 g/mol. The van der Waals surface area contributed by atoms with Crippen LogP contribution in [0.3, 0.4) is 0 Å². The number of rotatable bonds is 7. The number of phenolic OH excluding ortho intramolecular Hbond substituents is 1. The Labute approximate surface area is 188 Å². The van der Waals surface area contributed by atoms with Gasteiger partial charge in [0.15, 0.2) is 0 Å². The highest BCUT2D eigenvalue weighted by molar-refractivity contribution is 5.94. The van der Waals surface area contributed by atoms with Crippen molar-refractivity contribution < 1.29 is 34.0 Å². The van der Waals surface area contributed by atoms with Crippen LogP contribution in [-0.2, 0) is 20.6 Å². The third-order valence-corrected chi connectivity index (χ3v) is 5.73. The van der Waals surface area contributed by atoms with Crippen LogP contribution < -0.4 is 5.32 Å². The topological polar surface area (TPSA) is 114 Å². The summed E-state index contributed by atoms with van der Waals surface area (Å²) in [6.45, 7) is 2.45. The molecule has 3 N–H and O–H groups in total. The standard InChI is InChI=1S/C24H33NO7/c1-2-3-4-11-30-24(29)25-10-6-8-18-15-20-14-17(26)13-19(31-20)12-16-7-5-9-21(27)22(16)23(28)32-18/h5-7,9-10,17-20,26-27H,2-4,8,11-15H2,1H3,(H,25,29)/b10-6+/t17-,18-,19-,20+/m0/s1. The largest absolute Gasteiger partial charge is 0.507 e. The Morgan fingerprint density at radius 1 is 1.25 bits per heavy atom. The van der Waals surface area contributed by atoms with Gasteiger partial charge in [-0.15, -0.1) is 0 Å². The summed E-state index contributed by atoms with van der Waals surface area (Å²) in [4.78, 5) is 24.6. The molecule has 0 unspecified atom stereocenters. The van der Waals surface area contributed by atoms with Crippen molar-refractivity contribution in [2.24, 2.45) is 0 Å². The van der Waals surface area contributed by atoms with E-state index in [4.69, 9.17) is 14.2 Å². The zero-order valence-electron chi connectivity index (χ0n) is 18.5. The van der Waals surface area contributed by atoms with Crippen LogP contribution in [0.1, 0.15) is 67.8 Å². The lowest BCUT2D eigenvalue weighted by Crippen LogP contribution is -2.40. The highest BCUT2D eigenvalue weighted by Crippen LogP contribution is 2.32. The maximum Gasteiger partial charge on any atom is 0.411 e. The number of fused-ring (bicyclic) bond motifs is 3. The number of aliphatic hydroxyl groups is 1. The van der Waals surface area contributed by atoms with Crippen LogP contribution in [0.4, 0.5) is 4.79 Å². The highest BCUT2D eigenvalue weighted by Gasteiger charge is 2.34. The van der Waals surface area contributed by atoms with Crippen LogP contribution in [0.2, 0.25) is 0 Å². The van der Waals surface area contributed by atoms with Gasteiger partial charge in [-0.05, 0) is 37.3 Å². The van der Waals surface area contributed by atoms with Gasteiger partial charge >= 0.3 is 12.1 Å². The monoisotopic (exact) mass is 447 g/mol. The fourth-order valence-corrected chi connectivity index (χ4v) is 4.21. The molecule has 32 heavy (non-hydrogen) atoms. The van der Waals surface area contributed by atoms with E-state index in [1.165, 1.54) is 12.3 Å². The molecule has 0 aromatic heterocycles. The molecule has 0 aliphatic carbocycles. The van der Waals surface area contributed by atoms with Gasteiger partial charge in [-0.25, -0.2) is 9.59 Å². The average molecular weight is 448 g/mol. The van der Waals surface area contributed by atoms with E-state index in [0.29, 0.717) is 44.3 Å². The van der Waals surface area contributed by atoms with E-state index < -0.39 is 24.3 Å². The summed E-state index contributed by atoms with van der Waals surface area (Å²) in [5.41, 5.74) is 0.772. The van der Waals surface area contributed by atoms with E-state index in [1.807, 2.05) is 0 Å². The third-order valence-electron chi connectivity index (χ3n) is 5.73. The van der Waals surface area contributed by atoms with Gasteiger partial charge in [0.25, 0.3) is 0 Å². The number of carbonyl (C=O) groups excluding carboxylic acids is 2. The number of ether oxygens (including phenoxy) is 3. The van der Waals surface area contributed by atoms with Crippen molar-refractivity contribution >= 4 is 12.1 Å². The predicted molar refractivity (Wildman–Crippen MR) is 117 cm³/mol. The quantitative estimate of drug-likeness (QED) is 0.432. The van der Waals surface area contributed by atoms with Crippen molar-refractivity contribution in [1.29, 1.82) is 0 Å². The van der Waals surface area contributed by atoms with Crippen LogP contribution in [0.15, 0.2) is 30.5 Å². The molecule has 1 saturated heterocycles. The summed E-state index contributed by atoms with van der Waals surface area (Å²) in [5.74, 6) is -0.719. The summed E-state index contributed by atoms with van der Waals surface area (Å²) in [6, 6.07) is 4.90. The number of cyclic esters (lactones) is 1. The van der Waals surface area contributed by atoms with Crippen molar-refractivity contribution in [3.8, 4) is 5.75 Å². The van der Waals surface area contributed by atoms with E-state index in [0.717, 1.165) is 19.3 Å². The Balaban J connectivity index is 1.65. The molecule has 176 valence electrons. The SMILES string of the molecule is CCCCCOC(=O)N/C=C/C[C@H]1C[C@H]2C[C@@H](O)C[C@H](Cc3cccc(O)c3C(=O)O1)O2. The minimum Gasteiger partial charge on any atom is -0.507 e. The van der Waals surface area contributed by atoms with Crippen LogP contribution in [0, 0.1) is 0 Å². The number of aromatic hydroxyl groups is 1. The number of benzene rings is 1. The van der Waals surface area contributed by atoms with Crippen molar-refractivity contribution in [3.63, 3.8) is 0 Å². The average Bonchev–Trinajstić information content (AvgIpc) is 2.73. The number of carbonyl (C=O) groups is 2. The molecule has 1 amide bonds. The van der Waals surface area contributed by atoms with Gasteiger partial charge in [0, 0.05) is 19.0 Å². The van der Waals surface area contributed by atoms with Crippen molar-refractivity contribution in [2.75, 3.05) is 6.61 Å². The molecule has 0 spiro atoms. The molecule has 2 bridgehead atoms. The number of unbranched alkanes of at least 4 members (excludes halogenated alkanes) is 2. The van der Waals surface area contributed by atoms with Gasteiger partial charge in [0.1, 0.15) is 17.4 Å². The first-order chi connectivity index (χ1) is 15.5. The fraction of sp³-hybridized carbons (Fsp3) is 0.583. The second-order valence-electron chi connectivity index (χ2n) is 8.41. The maximum absolute atomic E-state index is 12.9. The molecule has 8 nitrogen and oxygen atoms in total. The lowest BCUT2D eigenvalue weighted by molar-refractivity contribution is -0.109. The molecule has 0 saturated carbocycles. The Morgan fingerprint density at radius 2 is 2.06 bits per heavy atom. The number of nitrogens with one attached hydrogen (secondary N) is 1. The molecule has 1 aromatic carbocycles. The Hall–Kier alpha value is -2.58. The molecule has 2 aliphatic heterocycles. The normalized spacial score (nSPS) is 25.6. The van der Waals surface area contributed by atoms with Crippen molar-refractivity contribution in [2.45, 2.75) is 82.7 Å². The number of alkyl carbamates (subject to hydrolysis) is 1. The van der Waals surface area contributed by atoms with E-state index in [1.54, 1.807) is 18.2 Å². The Kier molecular flexibility index (Phi) is 8.93. The minimum absolute atomic E-state index is 0.136. The van der Waals surface area contributed by atoms with Gasteiger partial charge in [-0.1, -0.05) is 38.0 Å². The van der Waals surface area contributed by atoms with Crippen LogP contribution in [0.5, 0.6) is 5.75 Å². The Morgan fingerprint density at radius 3 is 2.88 bits per heavy atom. The maximum atomic E-state index is 12.9. The number of amides is 1. The molecule has 0 radical (unpaired) electrons. The van der Waals surface area contributed by atoms with Gasteiger partial charge in [0.05, 0.1) is 24.9 Å². The van der Waals surface area contributed by atoms with E-state index in [9.17, 15) is 19.8 Å². The number of esters is 1. The van der Waals surface area contributed by atoms with Gasteiger partial charge in [0.2, 0.25) is 0 Å². The molecule has 2 heterocycles. The van der Waals surface area contributed by atoms with Crippen molar-refractivity contribution in [1.82, 2.24) is 5.32 Å². The zero-order chi connectivity index (χ0) is 22.9. The lowest BCUT2D eigenvalue weighted by atomic mass is 9.91. The number of aliphatic hydroxyl groups excluding tert-OH is 1. The zero-order valence-corrected chi connectivity index (χ0v) is 18.5. The van der Waals surface area contributed by atoms with E-state index in [2.05, 4.69) is 12.2 Å². The van der Waals surface area contributed by atoms with Gasteiger partial charge in [-0.2, -0.15) is 0 Å². The second-order valence-corrected chi connectivity index (χ2v) is 8.41. The Bertz CT molecular complexity index is 810. The summed E-state index contributed by atoms with van der Waals surface area (Å²) < 4.78 is 16.9. The molecule has 4 atom stereocenters. The van der Waals surface area contributed by atoms with Crippen molar-refractivity contribution in [3.05, 3.63) is 41.6 Å². The molecule has 1 fully saturated rings. The first-order valence-electron chi connectivity index (χ1n) is 11.4. The number of hydrogen-bond acceptors (Lipinski definition) is 7. The van der Waals surface area contributed by atoms with E-state index >= 15 is 0 Å². The van der Waals surface area contributed by atoms with Crippen LogP contribution in [0.25, 0.3) is 0 Å². The lowest BCUT2D eigenvalue weighted by Gasteiger charge is -2.36. The van der Waals surface area contributed by atoms with Crippen LogP contribution >= 0.6 is 0 Å². The molecule has 3 rings (SSSR count). The number of phenols is 1. The van der Waals surface area contributed by atoms with Gasteiger partial charge < -0.3 is 24.4 Å². The van der Waals surface area contributed by atoms with Crippen LogP contribution in [-0.4, -0.2) is 53.3 Å². The first-order valence-corrected chi connectivity index (χ1v) is 11.4. The van der Waals surface area contributed by atoms with E-state index in [-0.39, 0.29) is 23.5 Å². The first kappa shape index (κ1) is 24.1. The second kappa shape index (κ2) is 11.9. The fourth-order valence-electron chi connectivity index (χ4n) is 4.21. The highest BCUT2D eigenvalue weighted by atomic mass is 16.6. The molecule has 1 aromatic rings. The van der Waals surface area contributed by atoms with Gasteiger partial charge in [-0.3, -0.25) is 5.32 Å². The molecule has 8 heteroatoms. The number of hydrogen-bond donors (Lipinski definition) is 3. The third kappa shape index (κ3) is 6.97. The smallest absolute Gasteiger partial charge is 0.411 e. The predicted octanol–water partition coefficient (Wildman–Crippen LogP) is 3.59. The molecule has 2 aliphatic rings. The minimum atomic E-state index is -0.583. The molecular formula is C24H33NO7. The summed E-state index contributed by atoms with van der Waals surface area (Å²) in [6.07, 6.45) is 6.13. The summed E-state index contributed by atoms with van der Waals surface area (Å²) >= 11 is 0.